The third-order valence-corrected chi connectivity index (χ3v) is 3.68. The van der Waals surface area contributed by atoms with Crippen LogP contribution in [0, 0.1) is 0 Å². The van der Waals surface area contributed by atoms with Gasteiger partial charge in [0.05, 0.1) is 11.3 Å². The van der Waals surface area contributed by atoms with Gasteiger partial charge < -0.3 is 18.7 Å². The van der Waals surface area contributed by atoms with Crippen LogP contribution in [0.3, 0.4) is 0 Å². The van der Waals surface area contributed by atoms with E-state index in [0.717, 1.165) is 5.56 Å². The minimum Gasteiger partial charge on any atom is -0.457 e. The minimum atomic E-state index is -0.508. The zero-order chi connectivity index (χ0) is 16.7. The highest BCUT2D eigenvalue weighted by Crippen LogP contribution is 2.31. The third-order valence-electron chi connectivity index (χ3n) is 3.68. The lowest BCUT2D eigenvalue weighted by Crippen LogP contribution is -2.18. The molecular weight excluding hydrogens is 314 g/mol. The van der Waals surface area contributed by atoms with Crippen molar-refractivity contribution in [2.24, 2.45) is 5.16 Å². The van der Waals surface area contributed by atoms with E-state index in [1.165, 1.54) is 0 Å². The Morgan fingerprint density at radius 2 is 1.96 bits per heavy atom. The van der Waals surface area contributed by atoms with Gasteiger partial charge in [0.25, 0.3) is 0 Å². The zero-order valence-corrected chi connectivity index (χ0v) is 12.6. The van der Waals surface area contributed by atoms with Crippen LogP contribution in [0.2, 0.25) is 0 Å². The summed E-state index contributed by atoms with van der Waals surface area (Å²) in [5, 5.41) is 3.61. The number of carbonyl (C=O) groups excluding carboxylic acids is 2. The summed E-state index contributed by atoms with van der Waals surface area (Å²) in [6.45, 7) is 1.58. The molecule has 2 aliphatic heterocycles. The number of hydrogen-bond acceptors (Lipinski definition) is 7. The number of esters is 1. The van der Waals surface area contributed by atoms with Gasteiger partial charge in [0.15, 0.2) is 0 Å². The van der Waals surface area contributed by atoms with E-state index in [9.17, 15) is 9.59 Å². The van der Waals surface area contributed by atoms with Crippen molar-refractivity contribution in [3.8, 4) is 17.1 Å². The van der Waals surface area contributed by atoms with Gasteiger partial charge in [-0.1, -0.05) is 11.2 Å². The average molecular weight is 325 g/mol. The summed E-state index contributed by atoms with van der Waals surface area (Å²) in [4.78, 5) is 27.7. The van der Waals surface area contributed by atoms with Gasteiger partial charge in [-0.25, -0.2) is 9.59 Å². The van der Waals surface area contributed by atoms with Crippen LogP contribution in [-0.4, -0.2) is 24.4 Å². The summed E-state index contributed by atoms with van der Waals surface area (Å²) in [6.07, 6.45) is 1.57. The molecule has 0 amide bonds. The normalized spacial score (nSPS) is 17.9. The number of furan rings is 1. The van der Waals surface area contributed by atoms with Crippen molar-refractivity contribution in [3.05, 3.63) is 47.2 Å². The van der Waals surface area contributed by atoms with Gasteiger partial charge >= 0.3 is 11.9 Å². The summed E-state index contributed by atoms with van der Waals surface area (Å²) < 4.78 is 15.9. The number of benzene rings is 1. The number of cyclic esters (lactones) is 1. The first-order chi connectivity index (χ1) is 11.6. The van der Waals surface area contributed by atoms with Gasteiger partial charge in [-0.2, -0.15) is 0 Å². The smallest absolute Gasteiger partial charge is 0.367 e. The highest BCUT2D eigenvalue weighted by Gasteiger charge is 2.23. The second-order valence-corrected chi connectivity index (χ2v) is 5.22. The molecule has 0 radical (unpaired) electrons. The Kier molecular flexibility index (Phi) is 3.19. The SMILES string of the molecule is CC1=NOC(=O)/C1=C\c1ccc(-c2ccc3c(c2)OCOC3=O)o1. The van der Waals surface area contributed by atoms with E-state index in [1.807, 2.05) is 0 Å². The molecule has 0 N–H and O–H groups in total. The van der Waals surface area contributed by atoms with Gasteiger partial charge in [-0.05, 0) is 37.3 Å². The number of carbonyl (C=O) groups is 2. The molecule has 2 aliphatic rings. The zero-order valence-electron chi connectivity index (χ0n) is 12.6. The molecule has 0 fully saturated rings. The summed E-state index contributed by atoms with van der Waals surface area (Å²) in [5.74, 6) is 0.593. The van der Waals surface area contributed by atoms with E-state index in [4.69, 9.17) is 13.9 Å². The quantitative estimate of drug-likeness (QED) is 0.479. The molecule has 120 valence electrons. The summed E-state index contributed by atoms with van der Waals surface area (Å²) in [7, 11) is 0. The van der Waals surface area contributed by atoms with Crippen LogP contribution in [0.1, 0.15) is 23.0 Å². The van der Waals surface area contributed by atoms with Gasteiger partial charge in [-0.3, -0.25) is 0 Å². The number of fused-ring (bicyclic) bond motifs is 1. The Bertz CT molecular complexity index is 921. The first kappa shape index (κ1) is 14.3. The Balaban J connectivity index is 1.66. The summed E-state index contributed by atoms with van der Waals surface area (Å²) in [5.41, 5.74) is 1.97. The lowest BCUT2D eigenvalue weighted by molar-refractivity contribution is -0.136. The Labute approximate surface area is 136 Å². The first-order valence-electron chi connectivity index (χ1n) is 7.14. The molecule has 0 saturated carbocycles. The van der Waals surface area contributed by atoms with Gasteiger partial charge in [-0.15, -0.1) is 0 Å². The van der Waals surface area contributed by atoms with Crippen LogP contribution >= 0.6 is 0 Å². The molecule has 0 bridgehead atoms. The van der Waals surface area contributed by atoms with E-state index < -0.39 is 11.9 Å². The van der Waals surface area contributed by atoms with Gasteiger partial charge in [0, 0.05) is 5.56 Å². The molecule has 24 heavy (non-hydrogen) atoms. The van der Waals surface area contributed by atoms with Crippen LogP contribution in [0.5, 0.6) is 5.75 Å². The molecule has 0 saturated heterocycles. The summed E-state index contributed by atoms with van der Waals surface area (Å²) in [6, 6.07) is 8.57. The second-order valence-electron chi connectivity index (χ2n) is 5.22. The lowest BCUT2D eigenvalue weighted by Gasteiger charge is -2.16. The van der Waals surface area contributed by atoms with E-state index in [1.54, 1.807) is 43.3 Å². The van der Waals surface area contributed by atoms with Crippen molar-refractivity contribution in [2.45, 2.75) is 6.92 Å². The molecule has 0 unspecified atom stereocenters. The second kappa shape index (κ2) is 5.38. The Hall–Kier alpha value is -3.35. The van der Waals surface area contributed by atoms with E-state index >= 15 is 0 Å². The molecule has 3 heterocycles. The van der Waals surface area contributed by atoms with E-state index in [2.05, 4.69) is 9.99 Å². The van der Waals surface area contributed by atoms with Crippen molar-refractivity contribution in [1.29, 1.82) is 0 Å². The monoisotopic (exact) mass is 325 g/mol. The van der Waals surface area contributed by atoms with Crippen LogP contribution in [0.4, 0.5) is 0 Å². The largest absolute Gasteiger partial charge is 0.457 e. The number of ether oxygens (including phenoxy) is 2. The maximum atomic E-state index is 11.6. The molecule has 0 aliphatic carbocycles. The molecule has 1 aromatic heterocycles. The highest BCUT2D eigenvalue weighted by molar-refractivity contribution is 6.24. The Morgan fingerprint density at radius 1 is 1.08 bits per heavy atom. The van der Waals surface area contributed by atoms with Crippen LogP contribution in [0.15, 0.2) is 45.5 Å². The fraction of sp³-hybridized carbons (Fsp3) is 0.118. The predicted octanol–water partition coefficient (Wildman–Crippen LogP) is 2.77. The molecular formula is C17H11NO6. The van der Waals surface area contributed by atoms with Crippen LogP contribution < -0.4 is 4.74 Å². The third kappa shape index (κ3) is 2.36. The minimum absolute atomic E-state index is 0.106. The van der Waals surface area contributed by atoms with Crippen molar-refractivity contribution in [3.63, 3.8) is 0 Å². The number of rotatable bonds is 2. The first-order valence-corrected chi connectivity index (χ1v) is 7.14. The molecule has 7 nitrogen and oxygen atoms in total. The van der Waals surface area contributed by atoms with Crippen molar-refractivity contribution in [1.82, 2.24) is 0 Å². The number of nitrogens with zero attached hydrogens (tertiary/aromatic N) is 1. The lowest BCUT2D eigenvalue weighted by atomic mass is 10.1. The van der Waals surface area contributed by atoms with Crippen molar-refractivity contribution in [2.75, 3.05) is 6.79 Å². The van der Waals surface area contributed by atoms with Crippen molar-refractivity contribution >= 4 is 23.7 Å². The fourth-order valence-corrected chi connectivity index (χ4v) is 2.44. The standard InChI is InChI=1S/C17H11NO6/c1-9-13(17(20)24-18-9)7-11-3-5-14(23-11)10-2-4-12-15(6-10)21-8-22-16(12)19/h2-7H,8H2,1H3/b13-7-. The topological polar surface area (TPSA) is 87.3 Å². The summed E-state index contributed by atoms with van der Waals surface area (Å²) >= 11 is 0. The molecule has 0 spiro atoms. The fourth-order valence-electron chi connectivity index (χ4n) is 2.44. The predicted molar refractivity (Wildman–Crippen MR) is 82.2 cm³/mol. The van der Waals surface area contributed by atoms with Crippen LogP contribution in [0.25, 0.3) is 17.4 Å². The maximum Gasteiger partial charge on any atom is 0.367 e. The van der Waals surface area contributed by atoms with Gasteiger partial charge in [0.2, 0.25) is 6.79 Å². The molecule has 0 atom stereocenters. The molecule has 4 rings (SSSR count). The Morgan fingerprint density at radius 3 is 2.75 bits per heavy atom. The van der Waals surface area contributed by atoms with Crippen LogP contribution in [-0.2, 0) is 14.4 Å². The molecule has 7 heteroatoms. The average Bonchev–Trinajstić information content (AvgIpc) is 3.17. The molecule has 1 aromatic carbocycles. The van der Waals surface area contributed by atoms with E-state index in [-0.39, 0.29) is 6.79 Å². The number of hydrogen-bond donors (Lipinski definition) is 0. The highest BCUT2D eigenvalue weighted by atomic mass is 16.7. The maximum absolute atomic E-state index is 11.6. The van der Waals surface area contributed by atoms with E-state index in [0.29, 0.717) is 34.1 Å². The van der Waals surface area contributed by atoms with Crippen molar-refractivity contribution < 1.29 is 28.3 Å². The molecule has 2 aromatic rings. The number of oxime groups is 1. The van der Waals surface area contributed by atoms with Gasteiger partial charge in [0.1, 0.15) is 22.8 Å².